The Morgan fingerprint density at radius 2 is 2.15 bits per heavy atom. The van der Waals surface area contributed by atoms with Crippen molar-refractivity contribution in [3.05, 3.63) is 52.8 Å². The predicted molar refractivity (Wildman–Crippen MR) is 86.0 cm³/mol. The third-order valence-corrected chi connectivity index (χ3v) is 3.81. The molecular formula is C16H21BrN2O. The Hall–Kier alpha value is -1.26. The third kappa shape index (κ3) is 4.39. The first-order valence-corrected chi connectivity index (χ1v) is 7.76. The van der Waals surface area contributed by atoms with E-state index in [1.807, 2.05) is 24.3 Å². The first-order chi connectivity index (χ1) is 9.69. The van der Waals surface area contributed by atoms with Crippen molar-refractivity contribution in [2.75, 3.05) is 6.61 Å². The summed E-state index contributed by atoms with van der Waals surface area (Å²) in [6.45, 7) is 3.61. The zero-order valence-corrected chi connectivity index (χ0v) is 13.3. The summed E-state index contributed by atoms with van der Waals surface area (Å²) in [5.74, 6) is 0.887. The Balaban J connectivity index is 1.87. The highest BCUT2D eigenvalue weighted by Crippen LogP contribution is 2.17. The second kappa shape index (κ2) is 7.50. The van der Waals surface area contributed by atoms with Crippen LogP contribution in [0, 0.1) is 0 Å². The van der Waals surface area contributed by atoms with E-state index >= 15 is 0 Å². The molecule has 0 saturated carbocycles. The zero-order chi connectivity index (χ0) is 14.4. The number of hydrogen-bond acceptors (Lipinski definition) is 2. The highest BCUT2D eigenvalue weighted by atomic mass is 79.9. The molecule has 4 heteroatoms. The fourth-order valence-corrected chi connectivity index (χ4v) is 2.46. The standard InChI is InChI=1S/C16H21BrN2O/c1-2-14(18)12-15-6-4-8-19(15)9-10-20-16-7-3-5-13(17)11-16/h3-8,11,14H,2,9-10,12,18H2,1H3. The summed E-state index contributed by atoms with van der Waals surface area (Å²) in [6, 6.07) is 12.3. The Morgan fingerprint density at radius 3 is 2.90 bits per heavy atom. The van der Waals surface area contributed by atoms with E-state index in [1.165, 1.54) is 5.69 Å². The second-order valence-corrected chi connectivity index (χ2v) is 5.79. The molecule has 0 fully saturated rings. The smallest absolute Gasteiger partial charge is 0.120 e. The molecule has 0 saturated heterocycles. The van der Waals surface area contributed by atoms with Crippen LogP contribution in [0.15, 0.2) is 47.1 Å². The van der Waals surface area contributed by atoms with Gasteiger partial charge in [-0.25, -0.2) is 0 Å². The predicted octanol–water partition coefficient (Wildman–Crippen LogP) is 3.61. The van der Waals surface area contributed by atoms with Crippen LogP contribution in [0.1, 0.15) is 19.0 Å². The Kier molecular flexibility index (Phi) is 5.68. The minimum Gasteiger partial charge on any atom is -0.492 e. The Labute approximate surface area is 128 Å². The van der Waals surface area contributed by atoms with Crippen molar-refractivity contribution in [3.8, 4) is 5.75 Å². The van der Waals surface area contributed by atoms with Crippen molar-refractivity contribution in [2.45, 2.75) is 32.4 Å². The van der Waals surface area contributed by atoms with E-state index in [4.69, 9.17) is 10.5 Å². The fourth-order valence-electron chi connectivity index (χ4n) is 2.08. The van der Waals surface area contributed by atoms with Crippen LogP contribution in [0.2, 0.25) is 0 Å². The van der Waals surface area contributed by atoms with Crippen molar-refractivity contribution < 1.29 is 4.74 Å². The topological polar surface area (TPSA) is 40.2 Å². The first kappa shape index (κ1) is 15.1. The monoisotopic (exact) mass is 336 g/mol. The van der Waals surface area contributed by atoms with Gasteiger partial charge in [-0.3, -0.25) is 0 Å². The maximum absolute atomic E-state index is 6.02. The van der Waals surface area contributed by atoms with E-state index in [-0.39, 0.29) is 6.04 Å². The lowest BCUT2D eigenvalue weighted by Gasteiger charge is -2.13. The second-order valence-electron chi connectivity index (χ2n) is 4.87. The van der Waals surface area contributed by atoms with Gasteiger partial charge in [0.15, 0.2) is 0 Å². The molecule has 1 aromatic heterocycles. The van der Waals surface area contributed by atoms with E-state index in [2.05, 4.69) is 45.8 Å². The Bertz CT molecular complexity index is 539. The summed E-state index contributed by atoms with van der Waals surface area (Å²) in [4.78, 5) is 0. The van der Waals surface area contributed by atoms with Crippen molar-refractivity contribution in [2.24, 2.45) is 5.73 Å². The molecule has 0 aliphatic rings. The van der Waals surface area contributed by atoms with E-state index < -0.39 is 0 Å². The normalized spacial score (nSPS) is 12.3. The minimum atomic E-state index is 0.231. The van der Waals surface area contributed by atoms with Gasteiger partial charge in [0.1, 0.15) is 12.4 Å². The molecule has 1 atom stereocenters. The van der Waals surface area contributed by atoms with Gasteiger partial charge in [-0.2, -0.15) is 0 Å². The summed E-state index contributed by atoms with van der Waals surface area (Å²) < 4.78 is 9.01. The quantitative estimate of drug-likeness (QED) is 0.838. The van der Waals surface area contributed by atoms with E-state index in [0.29, 0.717) is 6.61 Å². The summed E-state index contributed by atoms with van der Waals surface area (Å²) in [5.41, 5.74) is 7.29. The summed E-state index contributed by atoms with van der Waals surface area (Å²) in [6.07, 6.45) is 4.00. The number of aromatic nitrogens is 1. The molecule has 0 radical (unpaired) electrons. The van der Waals surface area contributed by atoms with Gasteiger partial charge in [0, 0.05) is 28.8 Å². The van der Waals surface area contributed by atoms with Crippen LogP contribution in [0.5, 0.6) is 5.75 Å². The van der Waals surface area contributed by atoms with Crippen LogP contribution in [0.4, 0.5) is 0 Å². The lowest BCUT2D eigenvalue weighted by molar-refractivity contribution is 0.296. The summed E-state index contributed by atoms with van der Waals surface area (Å²) in [7, 11) is 0. The average molecular weight is 337 g/mol. The van der Waals surface area contributed by atoms with Crippen LogP contribution < -0.4 is 10.5 Å². The largest absolute Gasteiger partial charge is 0.492 e. The van der Waals surface area contributed by atoms with Crippen molar-refractivity contribution in [1.82, 2.24) is 4.57 Å². The molecule has 1 unspecified atom stereocenters. The van der Waals surface area contributed by atoms with Crippen LogP contribution in [0.25, 0.3) is 0 Å². The molecule has 2 rings (SSSR count). The van der Waals surface area contributed by atoms with Gasteiger partial charge in [0.2, 0.25) is 0 Å². The lowest BCUT2D eigenvalue weighted by Crippen LogP contribution is -2.23. The van der Waals surface area contributed by atoms with Crippen LogP contribution in [-0.4, -0.2) is 17.2 Å². The van der Waals surface area contributed by atoms with Gasteiger partial charge < -0.3 is 15.0 Å². The zero-order valence-electron chi connectivity index (χ0n) is 11.8. The molecular weight excluding hydrogens is 316 g/mol. The third-order valence-electron chi connectivity index (χ3n) is 3.32. The molecule has 0 spiro atoms. The SMILES string of the molecule is CCC(N)Cc1cccn1CCOc1cccc(Br)c1. The van der Waals surface area contributed by atoms with E-state index in [9.17, 15) is 0 Å². The number of hydrogen-bond donors (Lipinski definition) is 1. The summed E-state index contributed by atoms with van der Waals surface area (Å²) >= 11 is 3.44. The Morgan fingerprint density at radius 1 is 1.30 bits per heavy atom. The number of rotatable bonds is 7. The van der Waals surface area contributed by atoms with Gasteiger partial charge in [0.25, 0.3) is 0 Å². The highest BCUT2D eigenvalue weighted by Gasteiger charge is 2.06. The molecule has 0 amide bonds. The minimum absolute atomic E-state index is 0.231. The number of nitrogens with zero attached hydrogens (tertiary/aromatic N) is 1. The molecule has 2 aromatic rings. The molecule has 2 N–H and O–H groups in total. The molecule has 20 heavy (non-hydrogen) atoms. The molecule has 3 nitrogen and oxygen atoms in total. The highest BCUT2D eigenvalue weighted by molar-refractivity contribution is 9.10. The number of benzene rings is 1. The van der Waals surface area contributed by atoms with Gasteiger partial charge >= 0.3 is 0 Å². The van der Waals surface area contributed by atoms with Gasteiger partial charge in [-0.15, -0.1) is 0 Å². The molecule has 0 aliphatic carbocycles. The lowest BCUT2D eigenvalue weighted by atomic mass is 10.1. The van der Waals surface area contributed by atoms with Crippen LogP contribution in [0.3, 0.4) is 0 Å². The number of ether oxygens (including phenoxy) is 1. The average Bonchev–Trinajstić information content (AvgIpc) is 2.86. The molecule has 0 bridgehead atoms. The summed E-state index contributed by atoms with van der Waals surface area (Å²) in [5, 5.41) is 0. The fraction of sp³-hybridized carbons (Fsp3) is 0.375. The number of halogens is 1. The molecule has 1 heterocycles. The van der Waals surface area contributed by atoms with E-state index in [1.54, 1.807) is 0 Å². The van der Waals surface area contributed by atoms with Gasteiger partial charge in [-0.1, -0.05) is 28.9 Å². The maximum atomic E-state index is 6.02. The van der Waals surface area contributed by atoms with Gasteiger partial charge in [0.05, 0.1) is 6.54 Å². The molecule has 108 valence electrons. The van der Waals surface area contributed by atoms with Crippen molar-refractivity contribution >= 4 is 15.9 Å². The van der Waals surface area contributed by atoms with Crippen molar-refractivity contribution in [1.29, 1.82) is 0 Å². The van der Waals surface area contributed by atoms with Gasteiger partial charge in [-0.05, 0) is 36.8 Å². The number of nitrogens with two attached hydrogens (primary N) is 1. The maximum Gasteiger partial charge on any atom is 0.120 e. The first-order valence-electron chi connectivity index (χ1n) is 6.97. The molecule has 1 aromatic carbocycles. The van der Waals surface area contributed by atoms with Crippen molar-refractivity contribution in [3.63, 3.8) is 0 Å². The van der Waals surface area contributed by atoms with Crippen LogP contribution in [-0.2, 0) is 13.0 Å². The van der Waals surface area contributed by atoms with Crippen LogP contribution >= 0.6 is 15.9 Å². The van der Waals surface area contributed by atoms with E-state index in [0.717, 1.165) is 29.6 Å². The molecule has 0 aliphatic heterocycles.